The molecule has 3 saturated heterocycles. The third kappa shape index (κ3) is 4.50. The SMILES string of the molecule is Cc1nn(C2CCC(=O)NC2=O)c(=O)c2ccc(N3CCN(C[C@H]4CNCCO4)CC3)cc12. The summed E-state index contributed by atoms with van der Waals surface area (Å²) in [5, 5.41) is 11.5. The average molecular weight is 455 g/mol. The van der Waals surface area contributed by atoms with Gasteiger partial charge in [0.05, 0.1) is 23.8 Å². The molecule has 0 spiro atoms. The lowest BCUT2D eigenvalue weighted by Gasteiger charge is -2.38. The van der Waals surface area contributed by atoms with Crippen LogP contribution < -0.4 is 21.1 Å². The maximum Gasteiger partial charge on any atom is 0.275 e. The molecule has 1 unspecified atom stereocenters. The monoisotopic (exact) mass is 454 g/mol. The van der Waals surface area contributed by atoms with Crippen LogP contribution >= 0.6 is 0 Å². The molecule has 176 valence electrons. The Morgan fingerprint density at radius 1 is 1.12 bits per heavy atom. The van der Waals surface area contributed by atoms with Crippen LogP contribution in [0.1, 0.15) is 24.6 Å². The second-order valence-electron chi connectivity index (χ2n) is 9.02. The fourth-order valence-corrected chi connectivity index (χ4v) is 4.94. The van der Waals surface area contributed by atoms with Crippen LogP contribution in [-0.2, 0) is 14.3 Å². The first-order chi connectivity index (χ1) is 16.0. The highest BCUT2D eigenvalue weighted by Crippen LogP contribution is 2.25. The summed E-state index contributed by atoms with van der Waals surface area (Å²) in [5.41, 5.74) is 1.46. The second-order valence-corrected chi connectivity index (χ2v) is 9.02. The predicted octanol–water partition coefficient (Wildman–Crippen LogP) is -0.207. The first-order valence-corrected chi connectivity index (χ1v) is 11.7. The number of imide groups is 1. The Bertz CT molecular complexity index is 1120. The maximum atomic E-state index is 13.1. The summed E-state index contributed by atoms with van der Waals surface area (Å²) in [6.45, 7) is 9.16. The number of piperazine rings is 1. The number of morpholine rings is 1. The molecule has 2 aromatic rings. The minimum absolute atomic E-state index is 0.204. The lowest BCUT2D eigenvalue weighted by atomic mass is 10.1. The Kier molecular flexibility index (Phi) is 6.13. The fourth-order valence-electron chi connectivity index (χ4n) is 4.94. The third-order valence-electron chi connectivity index (χ3n) is 6.80. The zero-order valence-electron chi connectivity index (χ0n) is 18.9. The molecule has 0 saturated carbocycles. The number of carbonyl (C=O) groups excluding carboxylic acids is 2. The largest absolute Gasteiger partial charge is 0.374 e. The number of piperidine rings is 1. The van der Waals surface area contributed by atoms with E-state index < -0.39 is 11.9 Å². The molecule has 5 rings (SSSR count). The van der Waals surface area contributed by atoms with Gasteiger partial charge in [-0.2, -0.15) is 5.10 Å². The maximum absolute atomic E-state index is 13.1. The van der Waals surface area contributed by atoms with E-state index in [1.807, 2.05) is 25.1 Å². The van der Waals surface area contributed by atoms with Crippen LogP contribution in [-0.4, -0.2) is 85.0 Å². The number of anilines is 1. The molecule has 4 heterocycles. The van der Waals surface area contributed by atoms with Crippen molar-refractivity contribution in [3.05, 3.63) is 34.2 Å². The number of ether oxygens (including phenoxy) is 1. The second kappa shape index (κ2) is 9.20. The Hall–Kier alpha value is -2.82. The Labute approximate surface area is 191 Å². The molecule has 0 radical (unpaired) electrons. The van der Waals surface area contributed by atoms with Crippen LogP contribution in [0.3, 0.4) is 0 Å². The normalized spacial score (nSPS) is 24.8. The van der Waals surface area contributed by atoms with Gasteiger partial charge in [0.25, 0.3) is 11.5 Å². The van der Waals surface area contributed by atoms with E-state index in [0.29, 0.717) is 11.1 Å². The number of hydrogen-bond donors (Lipinski definition) is 2. The summed E-state index contributed by atoms with van der Waals surface area (Å²) in [6, 6.07) is 5.08. The molecule has 2 N–H and O–H groups in total. The Balaban J connectivity index is 1.32. The summed E-state index contributed by atoms with van der Waals surface area (Å²) in [5.74, 6) is -0.780. The van der Waals surface area contributed by atoms with Crippen molar-refractivity contribution in [3.8, 4) is 0 Å². The number of benzene rings is 1. The van der Waals surface area contributed by atoms with E-state index in [2.05, 4.69) is 25.5 Å². The highest BCUT2D eigenvalue weighted by Gasteiger charge is 2.30. The van der Waals surface area contributed by atoms with Crippen LogP contribution in [0.5, 0.6) is 0 Å². The van der Waals surface area contributed by atoms with Gasteiger partial charge in [0.15, 0.2) is 0 Å². The summed E-state index contributed by atoms with van der Waals surface area (Å²) >= 11 is 0. The quantitative estimate of drug-likeness (QED) is 0.611. The molecule has 10 heteroatoms. The zero-order valence-corrected chi connectivity index (χ0v) is 18.9. The van der Waals surface area contributed by atoms with Crippen LogP contribution in [0, 0.1) is 6.92 Å². The molecule has 3 fully saturated rings. The number of nitrogens with zero attached hydrogens (tertiary/aromatic N) is 4. The minimum atomic E-state index is -0.755. The van der Waals surface area contributed by atoms with Crippen LogP contribution in [0.4, 0.5) is 5.69 Å². The number of fused-ring (bicyclic) bond motifs is 1. The van der Waals surface area contributed by atoms with Crippen molar-refractivity contribution < 1.29 is 14.3 Å². The lowest BCUT2D eigenvalue weighted by molar-refractivity contribution is -0.136. The van der Waals surface area contributed by atoms with Gasteiger partial charge in [0.1, 0.15) is 6.04 Å². The van der Waals surface area contributed by atoms with Crippen molar-refractivity contribution in [2.45, 2.75) is 31.9 Å². The van der Waals surface area contributed by atoms with Crippen molar-refractivity contribution in [2.75, 3.05) is 57.3 Å². The number of aryl methyl sites for hydroxylation is 1. The van der Waals surface area contributed by atoms with E-state index in [4.69, 9.17) is 4.74 Å². The van der Waals surface area contributed by atoms with E-state index in [-0.39, 0.29) is 30.4 Å². The highest BCUT2D eigenvalue weighted by atomic mass is 16.5. The third-order valence-corrected chi connectivity index (χ3v) is 6.80. The van der Waals surface area contributed by atoms with Crippen molar-refractivity contribution in [3.63, 3.8) is 0 Å². The van der Waals surface area contributed by atoms with Crippen molar-refractivity contribution in [1.82, 2.24) is 25.3 Å². The number of nitrogens with one attached hydrogen (secondary N) is 2. The summed E-state index contributed by atoms with van der Waals surface area (Å²) in [7, 11) is 0. The van der Waals surface area contributed by atoms with Crippen molar-refractivity contribution in [2.24, 2.45) is 0 Å². The van der Waals surface area contributed by atoms with E-state index in [0.717, 1.165) is 63.5 Å². The van der Waals surface area contributed by atoms with Gasteiger partial charge in [0.2, 0.25) is 5.91 Å². The molecule has 2 amide bonds. The number of rotatable bonds is 4. The summed E-state index contributed by atoms with van der Waals surface area (Å²) in [4.78, 5) is 41.6. The molecule has 3 aliphatic heterocycles. The molecule has 2 atom stereocenters. The van der Waals surface area contributed by atoms with Gasteiger partial charge in [-0.05, 0) is 31.5 Å². The van der Waals surface area contributed by atoms with Crippen molar-refractivity contribution in [1.29, 1.82) is 0 Å². The van der Waals surface area contributed by atoms with E-state index in [1.54, 1.807) is 0 Å². The van der Waals surface area contributed by atoms with Gasteiger partial charge in [-0.1, -0.05) is 0 Å². The molecular formula is C23H30N6O4. The van der Waals surface area contributed by atoms with E-state index >= 15 is 0 Å². The van der Waals surface area contributed by atoms with Gasteiger partial charge in [0, 0.05) is 63.3 Å². The zero-order chi connectivity index (χ0) is 22.9. The van der Waals surface area contributed by atoms with Gasteiger partial charge in [-0.15, -0.1) is 0 Å². The average Bonchev–Trinajstić information content (AvgIpc) is 2.83. The van der Waals surface area contributed by atoms with Gasteiger partial charge >= 0.3 is 0 Å². The smallest absolute Gasteiger partial charge is 0.275 e. The number of amides is 2. The summed E-state index contributed by atoms with van der Waals surface area (Å²) < 4.78 is 7.07. The number of hydrogen-bond acceptors (Lipinski definition) is 8. The molecule has 1 aromatic heterocycles. The Morgan fingerprint density at radius 3 is 2.67 bits per heavy atom. The lowest BCUT2D eigenvalue weighted by Crippen LogP contribution is -2.51. The molecule has 1 aromatic carbocycles. The van der Waals surface area contributed by atoms with Crippen LogP contribution in [0.25, 0.3) is 10.8 Å². The first-order valence-electron chi connectivity index (χ1n) is 11.7. The van der Waals surface area contributed by atoms with E-state index in [9.17, 15) is 14.4 Å². The fraction of sp³-hybridized carbons (Fsp3) is 0.565. The topological polar surface area (TPSA) is 109 Å². The molecule has 3 aliphatic rings. The minimum Gasteiger partial charge on any atom is -0.374 e. The van der Waals surface area contributed by atoms with Crippen molar-refractivity contribution >= 4 is 28.3 Å². The van der Waals surface area contributed by atoms with Gasteiger partial charge in [-0.25, -0.2) is 4.68 Å². The molecule has 0 bridgehead atoms. The standard InChI is InChI=1S/C23H30N6O4/c1-15-19-12-16(28-9-7-27(8-10-28)14-17-13-24-6-11-33-17)2-3-18(19)23(32)29(26-15)20-4-5-21(30)25-22(20)31/h2-3,12,17,20,24H,4-11,13-14H2,1H3,(H,25,30,31)/t17-,20?/m1/s1. The summed E-state index contributed by atoms with van der Waals surface area (Å²) in [6.07, 6.45) is 0.745. The number of carbonyl (C=O) groups is 2. The van der Waals surface area contributed by atoms with Gasteiger partial charge < -0.3 is 15.0 Å². The van der Waals surface area contributed by atoms with Crippen LogP contribution in [0.2, 0.25) is 0 Å². The number of aromatic nitrogens is 2. The molecule has 33 heavy (non-hydrogen) atoms. The molecule has 0 aliphatic carbocycles. The highest BCUT2D eigenvalue weighted by molar-refractivity contribution is 5.99. The van der Waals surface area contributed by atoms with Gasteiger partial charge in [-0.3, -0.25) is 24.6 Å². The first kappa shape index (κ1) is 22.0. The predicted molar refractivity (Wildman–Crippen MR) is 123 cm³/mol. The molecule has 10 nitrogen and oxygen atoms in total. The van der Waals surface area contributed by atoms with E-state index in [1.165, 1.54) is 4.68 Å². The van der Waals surface area contributed by atoms with Crippen LogP contribution in [0.15, 0.2) is 23.0 Å². The Morgan fingerprint density at radius 2 is 1.94 bits per heavy atom. The molecular weight excluding hydrogens is 424 g/mol.